The molecule has 2 atom stereocenters. The van der Waals surface area contributed by atoms with E-state index < -0.39 is 0 Å². The lowest BCUT2D eigenvalue weighted by Crippen LogP contribution is -2.53. The van der Waals surface area contributed by atoms with Crippen LogP contribution in [0.3, 0.4) is 0 Å². The van der Waals surface area contributed by atoms with Crippen molar-refractivity contribution in [2.24, 2.45) is 5.92 Å². The van der Waals surface area contributed by atoms with E-state index in [9.17, 15) is 0 Å². The zero-order chi connectivity index (χ0) is 12.7. The van der Waals surface area contributed by atoms with E-state index in [0.717, 1.165) is 50.8 Å². The number of hydrogen-bond acceptors (Lipinski definition) is 5. The van der Waals surface area contributed by atoms with Crippen molar-refractivity contribution < 1.29 is 9.47 Å². The summed E-state index contributed by atoms with van der Waals surface area (Å²) in [6, 6.07) is 4.48. The van der Waals surface area contributed by atoms with Gasteiger partial charge in [-0.05, 0) is 12.1 Å². The highest BCUT2D eigenvalue weighted by molar-refractivity contribution is 5.54. The third kappa shape index (κ3) is 1.97. The van der Waals surface area contributed by atoms with Gasteiger partial charge in [-0.1, -0.05) is 0 Å². The summed E-state index contributed by atoms with van der Waals surface area (Å²) in [5.74, 6) is 2.48. The molecule has 0 radical (unpaired) electrons. The first-order valence-electron chi connectivity index (χ1n) is 7.08. The first kappa shape index (κ1) is 11.5. The second kappa shape index (κ2) is 4.65. The molecule has 5 heteroatoms. The summed E-state index contributed by atoms with van der Waals surface area (Å²) in [4.78, 5) is 6.95. The minimum atomic E-state index is 0.256. The lowest BCUT2D eigenvalue weighted by atomic mass is 9.94. The maximum atomic E-state index is 6.24. The Hall–Kier alpha value is -1.33. The van der Waals surface area contributed by atoms with Gasteiger partial charge in [-0.25, -0.2) is 4.98 Å². The van der Waals surface area contributed by atoms with Gasteiger partial charge in [0.1, 0.15) is 6.10 Å². The fourth-order valence-corrected chi connectivity index (χ4v) is 3.18. The van der Waals surface area contributed by atoms with Crippen LogP contribution in [0.2, 0.25) is 0 Å². The molecule has 3 aliphatic heterocycles. The molecule has 0 aromatic carbocycles. The zero-order valence-electron chi connectivity index (χ0n) is 10.9. The predicted octanol–water partition coefficient (Wildman–Crippen LogP) is 0.657. The van der Waals surface area contributed by atoms with Gasteiger partial charge in [-0.15, -0.1) is 0 Å². The van der Waals surface area contributed by atoms with Gasteiger partial charge in [0.05, 0.1) is 13.2 Å². The van der Waals surface area contributed by atoms with Crippen LogP contribution in [0, 0.1) is 5.92 Å². The van der Waals surface area contributed by atoms with Crippen molar-refractivity contribution in [2.75, 3.05) is 37.7 Å². The standard InChI is InChI=1S/C14H19N3O2/c1-2-12-14(16-3-1)17-5-4-15-7-11(17)6-13(19-12)10-8-18-9-10/h1-3,10-11,13,15H,4-9H2/t11?,13-/m1/s1. The molecule has 2 saturated heterocycles. The number of nitrogens with one attached hydrogen (secondary N) is 1. The van der Waals surface area contributed by atoms with Crippen LogP contribution in [0.1, 0.15) is 6.42 Å². The third-order valence-corrected chi connectivity index (χ3v) is 4.35. The van der Waals surface area contributed by atoms with Gasteiger partial charge in [0.2, 0.25) is 0 Å². The Morgan fingerprint density at radius 3 is 3.16 bits per heavy atom. The van der Waals surface area contributed by atoms with E-state index >= 15 is 0 Å². The number of ether oxygens (including phenoxy) is 2. The highest BCUT2D eigenvalue weighted by atomic mass is 16.5. The molecule has 0 aliphatic carbocycles. The Morgan fingerprint density at radius 1 is 1.37 bits per heavy atom. The molecule has 1 aromatic rings. The third-order valence-electron chi connectivity index (χ3n) is 4.35. The molecular weight excluding hydrogens is 242 g/mol. The number of fused-ring (bicyclic) bond motifs is 3. The highest BCUT2D eigenvalue weighted by Gasteiger charge is 2.38. The van der Waals surface area contributed by atoms with E-state index in [1.807, 2.05) is 18.3 Å². The van der Waals surface area contributed by atoms with Gasteiger partial charge in [-0.3, -0.25) is 0 Å². The van der Waals surface area contributed by atoms with Gasteiger partial charge in [0, 0.05) is 44.2 Å². The number of rotatable bonds is 1. The number of nitrogens with zero attached hydrogens (tertiary/aromatic N) is 2. The van der Waals surface area contributed by atoms with Crippen LogP contribution >= 0.6 is 0 Å². The summed E-state index contributed by atoms with van der Waals surface area (Å²) in [6.07, 6.45) is 3.16. The van der Waals surface area contributed by atoms with E-state index in [0.29, 0.717) is 12.0 Å². The molecule has 0 bridgehead atoms. The summed E-state index contributed by atoms with van der Waals surface area (Å²) in [5.41, 5.74) is 0. The fourth-order valence-electron chi connectivity index (χ4n) is 3.18. The average Bonchev–Trinajstić information content (AvgIpc) is 2.53. The van der Waals surface area contributed by atoms with Crippen molar-refractivity contribution in [3.05, 3.63) is 18.3 Å². The Balaban J connectivity index is 1.68. The van der Waals surface area contributed by atoms with Gasteiger partial charge in [0.25, 0.3) is 0 Å². The van der Waals surface area contributed by atoms with Gasteiger partial charge in [0.15, 0.2) is 11.6 Å². The number of hydrogen-bond donors (Lipinski definition) is 1. The van der Waals surface area contributed by atoms with Crippen molar-refractivity contribution >= 4 is 5.82 Å². The first-order chi connectivity index (χ1) is 9.42. The lowest BCUT2D eigenvalue weighted by Gasteiger charge is -2.38. The minimum Gasteiger partial charge on any atom is -0.486 e. The first-order valence-corrected chi connectivity index (χ1v) is 7.08. The number of aromatic nitrogens is 1. The quantitative estimate of drug-likeness (QED) is 0.804. The van der Waals surface area contributed by atoms with Gasteiger partial charge in [-0.2, -0.15) is 0 Å². The van der Waals surface area contributed by atoms with E-state index in [-0.39, 0.29) is 6.10 Å². The number of anilines is 1. The Labute approximate surface area is 112 Å². The van der Waals surface area contributed by atoms with E-state index in [2.05, 4.69) is 15.2 Å². The minimum absolute atomic E-state index is 0.256. The van der Waals surface area contributed by atoms with Crippen LogP contribution in [0.5, 0.6) is 5.75 Å². The van der Waals surface area contributed by atoms with E-state index in [4.69, 9.17) is 9.47 Å². The smallest absolute Gasteiger partial charge is 0.171 e. The molecule has 1 N–H and O–H groups in total. The van der Waals surface area contributed by atoms with Crippen LogP contribution in [0.25, 0.3) is 0 Å². The Bertz CT molecular complexity index is 464. The maximum absolute atomic E-state index is 6.24. The monoisotopic (exact) mass is 261 g/mol. The molecule has 3 aliphatic rings. The molecule has 2 fully saturated rings. The van der Waals surface area contributed by atoms with E-state index in [1.54, 1.807) is 0 Å². The molecule has 1 aromatic heterocycles. The van der Waals surface area contributed by atoms with Crippen molar-refractivity contribution in [3.63, 3.8) is 0 Å². The molecule has 102 valence electrons. The van der Waals surface area contributed by atoms with Crippen LogP contribution < -0.4 is 15.0 Å². The Morgan fingerprint density at radius 2 is 2.32 bits per heavy atom. The molecule has 19 heavy (non-hydrogen) atoms. The van der Waals surface area contributed by atoms with Crippen molar-refractivity contribution in [1.82, 2.24) is 10.3 Å². The topological polar surface area (TPSA) is 46.6 Å². The molecule has 4 rings (SSSR count). The molecule has 0 saturated carbocycles. The number of piperazine rings is 1. The normalized spacial score (nSPS) is 30.6. The molecule has 4 heterocycles. The summed E-state index contributed by atoms with van der Waals surface area (Å²) in [5, 5.41) is 3.48. The van der Waals surface area contributed by atoms with Crippen LogP contribution in [-0.2, 0) is 4.74 Å². The summed E-state index contributed by atoms with van der Waals surface area (Å²) >= 11 is 0. The highest BCUT2D eigenvalue weighted by Crippen LogP contribution is 2.36. The number of pyridine rings is 1. The summed E-state index contributed by atoms with van der Waals surface area (Å²) < 4.78 is 11.6. The average molecular weight is 261 g/mol. The van der Waals surface area contributed by atoms with Crippen molar-refractivity contribution in [2.45, 2.75) is 18.6 Å². The largest absolute Gasteiger partial charge is 0.486 e. The Kier molecular flexibility index (Phi) is 2.81. The summed E-state index contributed by atoms with van der Waals surface area (Å²) in [7, 11) is 0. The van der Waals surface area contributed by atoms with Crippen molar-refractivity contribution in [3.8, 4) is 5.75 Å². The van der Waals surface area contributed by atoms with Crippen molar-refractivity contribution in [1.29, 1.82) is 0 Å². The SMILES string of the molecule is c1cnc2c(c1)O[C@@H](C1COC1)CC1CNCCN21. The molecule has 0 amide bonds. The van der Waals surface area contributed by atoms with Gasteiger partial charge >= 0.3 is 0 Å². The molecule has 0 spiro atoms. The van der Waals surface area contributed by atoms with Crippen LogP contribution in [0.15, 0.2) is 18.3 Å². The molecule has 1 unspecified atom stereocenters. The van der Waals surface area contributed by atoms with Crippen LogP contribution in [0.4, 0.5) is 5.82 Å². The second-order valence-electron chi connectivity index (χ2n) is 5.57. The van der Waals surface area contributed by atoms with Gasteiger partial charge < -0.3 is 19.7 Å². The second-order valence-corrected chi connectivity index (χ2v) is 5.57. The maximum Gasteiger partial charge on any atom is 0.171 e. The van der Waals surface area contributed by atoms with E-state index in [1.165, 1.54) is 0 Å². The molecule has 5 nitrogen and oxygen atoms in total. The zero-order valence-corrected chi connectivity index (χ0v) is 10.9. The predicted molar refractivity (Wildman–Crippen MR) is 71.6 cm³/mol. The summed E-state index contributed by atoms with van der Waals surface area (Å²) in [6.45, 7) is 4.71. The lowest BCUT2D eigenvalue weighted by molar-refractivity contribution is -0.0849. The fraction of sp³-hybridized carbons (Fsp3) is 0.643. The molecular formula is C14H19N3O2. The van der Waals surface area contributed by atoms with Crippen LogP contribution in [-0.4, -0.2) is 50.0 Å².